The molecule has 0 unspecified atom stereocenters. The van der Waals surface area contributed by atoms with Gasteiger partial charge in [-0.15, -0.1) is 22.7 Å². The number of fused-ring (bicyclic) bond motifs is 3. The van der Waals surface area contributed by atoms with E-state index in [0.29, 0.717) is 38.5 Å². The van der Waals surface area contributed by atoms with Gasteiger partial charge in [0.05, 0.1) is 20.2 Å². The Kier molecular flexibility index (Phi) is 12.5. The van der Waals surface area contributed by atoms with Crippen LogP contribution >= 0.6 is 22.7 Å². The monoisotopic (exact) mass is 526 g/mol. The summed E-state index contributed by atoms with van der Waals surface area (Å²) in [5.41, 5.74) is 2.10. The number of rotatable bonds is 10. The molecular weight excluding hydrogens is 507 g/mol. The summed E-state index contributed by atoms with van der Waals surface area (Å²) in [5, 5.41) is 4.07. The summed E-state index contributed by atoms with van der Waals surface area (Å²) in [6.07, 6.45) is 3.18. The van der Waals surface area contributed by atoms with Crippen LogP contribution in [0.15, 0.2) is 22.9 Å². The standard InChI is InChI=1S/C17H22O6S4.2K/c18-26(19,20)11-3-1-7-17(8-2-4-12-27(21,22)23)13-5-9-24-15(13)16-14(17)6-10-25-16;;/h5-6,9-10H,1-4,7-8,11-12H2,(H,18,19,20)(H,21,22,23);;/q;2*+1/p-2. The van der Waals surface area contributed by atoms with E-state index < -0.39 is 20.2 Å². The van der Waals surface area contributed by atoms with Gasteiger partial charge < -0.3 is 9.11 Å². The van der Waals surface area contributed by atoms with Gasteiger partial charge in [0.25, 0.3) is 0 Å². The minimum absolute atomic E-state index is 0. The molecule has 2 aromatic rings. The van der Waals surface area contributed by atoms with Gasteiger partial charge in [-0.1, -0.05) is 12.8 Å². The molecule has 150 valence electrons. The van der Waals surface area contributed by atoms with Gasteiger partial charge in [0, 0.05) is 26.7 Å². The zero-order valence-corrected chi connectivity index (χ0v) is 26.1. The Bertz CT molecular complexity index is 928. The molecule has 12 heteroatoms. The van der Waals surface area contributed by atoms with Gasteiger partial charge in [0.2, 0.25) is 0 Å². The third-order valence-electron chi connectivity index (χ3n) is 5.06. The second kappa shape index (κ2) is 12.3. The molecule has 6 nitrogen and oxygen atoms in total. The second-order valence-electron chi connectivity index (χ2n) is 6.85. The fraction of sp³-hybridized carbons (Fsp3) is 0.529. The van der Waals surface area contributed by atoms with Crippen molar-refractivity contribution >= 4 is 42.9 Å². The molecule has 29 heavy (non-hydrogen) atoms. The van der Waals surface area contributed by atoms with E-state index in [1.165, 1.54) is 20.9 Å². The van der Waals surface area contributed by atoms with E-state index in [4.69, 9.17) is 0 Å². The zero-order chi connectivity index (χ0) is 19.7. The van der Waals surface area contributed by atoms with Crippen LogP contribution in [-0.2, 0) is 25.7 Å². The predicted octanol–water partition coefficient (Wildman–Crippen LogP) is -2.48. The van der Waals surface area contributed by atoms with E-state index in [1.54, 1.807) is 22.7 Å². The van der Waals surface area contributed by atoms with Gasteiger partial charge in [-0.3, -0.25) is 0 Å². The third-order valence-corrected chi connectivity index (χ3v) is 8.63. The summed E-state index contributed by atoms with van der Waals surface area (Å²) in [6, 6.07) is 4.17. The SMILES string of the molecule is O=S(=O)([O-])CCCCC1(CCCCS(=O)(=O)[O-])c2ccsc2-c2sccc21.[K+].[K+]. The van der Waals surface area contributed by atoms with E-state index in [0.717, 1.165) is 0 Å². The summed E-state index contributed by atoms with van der Waals surface area (Å²) in [4.78, 5) is 2.43. The molecule has 0 amide bonds. The summed E-state index contributed by atoms with van der Waals surface area (Å²) < 4.78 is 65.3. The normalized spacial score (nSPS) is 14.6. The first-order chi connectivity index (χ1) is 12.6. The minimum Gasteiger partial charge on any atom is -0.748 e. The van der Waals surface area contributed by atoms with Crippen molar-refractivity contribution < 1.29 is 129 Å². The van der Waals surface area contributed by atoms with Crippen LogP contribution in [-0.4, -0.2) is 37.4 Å². The van der Waals surface area contributed by atoms with Crippen LogP contribution in [0.25, 0.3) is 9.75 Å². The Morgan fingerprint density at radius 1 is 0.724 bits per heavy atom. The molecule has 0 atom stereocenters. The maximum Gasteiger partial charge on any atom is 1.00 e. The van der Waals surface area contributed by atoms with E-state index >= 15 is 0 Å². The van der Waals surface area contributed by atoms with Crippen molar-refractivity contribution in [1.29, 1.82) is 0 Å². The molecule has 0 N–H and O–H groups in total. The predicted molar refractivity (Wildman–Crippen MR) is 105 cm³/mol. The molecule has 0 fully saturated rings. The van der Waals surface area contributed by atoms with Crippen molar-refractivity contribution in [3.05, 3.63) is 34.0 Å². The first kappa shape index (κ1) is 29.5. The second-order valence-corrected chi connectivity index (χ2v) is 11.7. The summed E-state index contributed by atoms with van der Waals surface area (Å²) in [6.45, 7) is 0. The maximum atomic E-state index is 10.9. The van der Waals surface area contributed by atoms with Crippen molar-refractivity contribution in [2.24, 2.45) is 0 Å². The first-order valence-electron chi connectivity index (χ1n) is 8.66. The van der Waals surface area contributed by atoms with Crippen molar-refractivity contribution in [2.45, 2.75) is 43.9 Å². The van der Waals surface area contributed by atoms with Gasteiger partial charge in [-0.25, -0.2) is 16.8 Å². The molecule has 0 aliphatic heterocycles. The Labute approximate surface area is 265 Å². The van der Waals surface area contributed by atoms with E-state index in [-0.39, 0.29) is 120 Å². The fourth-order valence-corrected chi connectivity index (χ4v) is 7.24. The molecule has 0 radical (unpaired) electrons. The van der Waals surface area contributed by atoms with Gasteiger partial charge in [0.15, 0.2) is 0 Å². The zero-order valence-electron chi connectivity index (χ0n) is 16.5. The largest absolute Gasteiger partial charge is 1.00 e. The third kappa shape index (κ3) is 7.76. The van der Waals surface area contributed by atoms with Crippen LogP contribution in [0.3, 0.4) is 0 Å². The van der Waals surface area contributed by atoms with Gasteiger partial charge in [0.1, 0.15) is 0 Å². The van der Waals surface area contributed by atoms with E-state index in [9.17, 15) is 25.9 Å². The summed E-state index contributed by atoms with van der Waals surface area (Å²) >= 11 is 3.33. The van der Waals surface area contributed by atoms with Crippen LogP contribution in [0.5, 0.6) is 0 Å². The maximum absolute atomic E-state index is 10.9. The van der Waals surface area contributed by atoms with Crippen LogP contribution in [0.2, 0.25) is 0 Å². The summed E-state index contributed by atoms with van der Waals surface area (Å²) in [5.74, 6) is -0.741. The van der Waals surface area contributed by atoms with Crippen molar-refractivity contribution in [3.8, 4) is 9.75 Å². The molecule has 3 rings (SSSR count). The average molecular weight is 527 g/mol. The molecule has 2 aromatic heterocycles. The van der Waals surface area contributed by atoms with Crippen LogP contribution in [0, 0.1) is 0 Å². The molecule has 0 bridgehead atoms. The van der Waals surface area contributed by atoms with Crippen LogP contribution < -0.4 is 103 Å². The molecule has 0 saturated heterocycles. The summed E-state index contributed by atoms with van der Waals surface area (Å²) in [7, 11) is -8.45. The molecule has 2 heterocycles. The molecule has 0 aromatic carbocycles. The molecule has 1 aliphatic carbocycles. The number of unbranched alkanes of at least 4 members (excludes halogenated alkanes) is 2. The number of hydrogen-bond donors (Lipinski definition) is 0. The quantitative estimate of drug-likeness (QED) is 0.192. The van der Waals surface area contributed by atoms with Crippen molar-refractivity contribution in [3.63, 3.8) is 0 Å². The Balaban J connectivity index is 0.00000210. The average Bonchev–Trinajstić information content (AvgIpc) is 3.23. The molecule has 0 saturated carbocycles. The Morgan fingerprint density at radius 2 is 1.10 bits per heavy atom. The molecule has 0 spiro atoms. The van der Waals surface area contributed by atoms with Gasteiger partial charge in [-0.2, -0.15) is 0 Å². The van der Waals surface area contributed by atoms with E-state index in [2.05, 4.69) is 12.1 Å². The van der Waals surface area contributed by atoms with Gasteiger partial charge >= 0.3 is 103 Å². The fourth-order valence-electron chi connectivity index (χ4n) is 3.94. The Hall–Kier alpha value is 2.49. The first-order valence-corrected chi connectivity index (χ1v) is 13.6. The van der Waals surface area contributed by atoms with Gasteiger partial charge in [-0.05, 0) is 59.7 Å². The topological polar surface area (TPSA) is 114 Å². The number of thiophene rings is 2. The molecule has 1 aliphatic rings. The number of hydrogen-bond acceptors (Lipinski definition) is 8. The van der Waals surface area contributed by atoms with Crippen LogP contribution in [0.1, 0.15) is 49.7 Å². The van der Waals surface area contributed by atoms with Crippen LogP contribution in [0.4, 0.5) is 0 Å². The van der Waals surface area contributed by atoms with Crippen molar-refractivity contribution in [2.75, 3.05) is 11.5 Å². The Morgan fingerprint density at radius 3 is 1.45 bits per heavy atom. The van der Waals surface area contributed by atoms with Crippen molar-refractivity contribution in [1.82, 2.24) is 0 Å². The molecular formula is C17H20K2O6S4. The minimum atomic E-state index is -4.22. The smallest absolute Gasteiger partial charge is 0.748 e. The van der Waals surface area contributed by atoms with E-state index in [1.807, 2.05) is 10.8 Å².